The number of rotatable bonds is 5. The van der Waals surface area contributed by atoms with Gasteiger partial charge in [-0.15, -0.1) is 0 Å². The van der Waals surface area contributed by atoms with Gasteiger partial charge in [-0.25, -0.2) is 13.6 Å². The van der Waals surface area contributed by atoms with Crippen molar-refractivity contribution in [3.8, 4) is 0 Å². The molecule has 2 rings (SSSR count). The van der Waals surface area contributed by atoms with E-state index in [9.17, 15) is 8.42 Å². The number of nitrogens with one attached hydrogen (secondary N) is 2. The molecule has 116 valence electrons. The normalized spacial score (nSPS) is 18.4. The van der Waals surface area contributed by atoms with Crippen LogP contribution in [-0.2, 0) is 21.3 Å². The van der Waals surface area contributed by atoms with E-state index in [-0.39, 0.29) is 11.0 Å². The second-order valence-electron chi connectivity index (χ2n) is 4.89. The van der Waals surface area contributed by atoms with Crippen molar-refractivity contribution in [3.05, 3.63) is 29.8 Å². The minimum Gasteiger partial charge on any atom is -0.376 e. The van der Waals surface area contributed by atoms with E-state index >= 15 is 0 Å². The van der Waals surface area contributed by atoms with E-state index in [1.54, 1.807) is 12.1 Å². The minimum absolute atomic E-state index is 0.102. The Labute approximate surface area is 130 Å². The molecule has 6 nitrogen and oxygen atoms in total. The zero-order chi connectivity index (χ0) is 15.3. The average Bonchev–Trinajstić information content (AvgIpc) is 2.95. The molecule has 0 saturated carbocycles. The molecular formula is C13H19N3O3S2. The summed E-state index contributed by atoms with van der Waals surface area (Å²) in [4.78, 5) is 0.102. The van der Waals surface area contributed by atoms with Gasteiger partial charge in [0.2, 0.25) is 10.0 Å². The van der Waals surface area contributed by atoms with Crippen LogP contribution in [0.1, 0.15) is 18.4 Å². The Morgan fingerprint density at radius 3 is 2.62 bits per heavy atom. The van der Waals surface area contributed by atoms with Crippen LogP contribution in [0.25, 0.3) is 0 Å². The van der Waals surface area contributed by atoms with Crippen LogP contribution < -0.4 is 15.8 Å². The van der Waals surface area contributed by atoms with Gasteiger partial charge in [0.25, 0.3) is 0 Å². The molecule has 0 aromatic heterocycles. The zero-order valence-electron chi connectivity index (χ0n) is 11.5. The molecule has 21 heavy (non-hydrogen) atoms. The van der Waals surface area contributed by atoms with Crippen molar-refractivity contribution in [1.29, 1.82) is 0 Å². The molecule has 0 bridgehead atoms. The number of benzene rings is 1. The van der Waals surface area contributed by atoms with Crippen LogP contribution in [-0.4, -0.2) is 32.8 Å². The zero-order valence-corrected chi connectivity index (χ0v) is 13.2. The summed E-state index contributed by atoms with van der Waals surface area (Å²) in [5.74, 6) is 0. The molecule has 1 atom stereocenters. The first-order valence-corrected chi connectivity index (χ1v) is 8.65. The number of sulfonamides is 1. The highest BCUT2D eigenvalue weighted by molar-refractivity contribution is 7.89. The van der Waals surface area contributed by atoms with Gasteiger partial charge in [-0.2, -0.15) is 0 Å². The molecule has 0 unspecified atom stereocenters. The summed E-state index contributed by atoms with van der Waals surface area (Å²) in [6, 6.07) is 6.37. The predicted octanol–water partition coefficient (Wildman–Crippen LogP) is 0.477. The monoisotopic (exact) mass is 329 g/mol. The van der Waals surface area contributed by atoms with Crippen molar-refractivity contribution in [3.63, 3.8) is 0 Å². The topological polar surface area (TPSA) is 93.5 Å². The molecule has 1 saturated heterocycles. The van der Waals surface area contributed by atoms with Gasteiger partial charge in [0.15, 0.2) is 5.11 Å². The standard InChI is InChI=1S/C13H19N3O3S2/c14-21(17,18)12-5-3-10(4-6-12)8-15-13(20)16-9-11-2-1-7-19-11/h3-6,11H,1-2,7-9H2,(H2,14,17,18)(H2,15,16,20)/t11-/m0/s1. The lowest BCUT2D eigenvalue weighted by Gasteiger charge is -2.14. The summed E-state index contributed by atoms with van der Waals surface area (Å²) in [6.07, 6.45) is 2.40. The van der Waals surface area contributed by atoms with Gasteiger partial charge in [-0.3, -0.25) is 0 Å². The SMILES string of the molecule is NS(=O)(=O)c1ccc(CNC(=S)NC[C@@H]2CCCO2)cc1. The lowest BCUT2D eigenvalue weighted by molar-refractivity contribution is 0.114. The third kappa shape index (κ3) is 5.24. The summed E-state index contributed by atoms with van der Waals surface area (Å²) in [6.45, 7) is 2.04. The van der Waals surface area contributed by atoms with Crippen molar-refractivity contribution in [2.24, 2.45) is 5.14 Å². The molecule has 1 aromatic carbocycles. The Morgan fingerprint density at radius 1 is 1.33 bits per heavy atom. The Balaban J connectivity index is 1.75. The molecule has 0 spiro atoms. The van der Waals surface area contributed by atoms with E-state index in [2.05, 4.69) is 10.6 Å². The molecule has 0 aliphatic carbocycles. The van der Waals surface area contributed by atoms with Gasteiger partial charge in [0.05, 0.1) is 11.0 Å². The highest BCUT2D eigenvalue weighted by Gasteiger charge is 2.15. The van der Waals surface area contributed by atoms with E-state index < -0.39 is 10.0 Å². The van der Waals surface area contributed by atoms with E-state index in [0.29, 0.717) is 18.2 Å². The maximum atomic E-state index is 11.1. The van der Waals surface area contributed by atoms with E-state index in [4.69, 9.17) is 22.1 Å². The summed E-state index contributed by atoms with van der Waals surface area (Å²) in [7, 11) is -3.64. The third-order valence-electron chi connectivity index (χ3n) is 3.22. The number of thiocarbonyl (C=S) groups is 1. The van der Waals surface area contributed by atoms with Crippen LogP contribution in [0.15, 0.2) is 29.2 Å². The van der Waals surface area contributed by atoms with Gasteiger partial charge in [0, 0.05) is 19.7 Å². The molecule has 1 aliphatic rings. The van der Waals surface area contributed by atoms with Crippen molar-refractivity contribution in [1.82, 2.24) is 10.6 Å². The van der Waals surface area contributed by atoms with Crippen molar-refractivity contribution < 1.29 is 13.2 Å². The van der Waals surface area contributed by atoms with Gasteiger partial charge < -0.3 is 15.4 Å². The average molecular weight is 329 g/mol. The van der Waals surface area contributed by atoms with Crippen LogP contribution in [0, 0.1) is 0 Å². The van der Waals surface area contributed by atoms with Crippen molar-refractivity contribution in [2.45, 2.75) is 30.4 Å². The van der Waals surface area contributed by atoms with E-state index in [1.807, 2.05) is 0 Å². The molecular weight excluding hydrogens is 310 g/mol. The quantitative estimate of drug-likeness (QED) is 0.680. The molecule has 4 N–H and O–H groups in total. The maximum absolute atomic E-state index is 11.1. The van der Waals surface area contributed by atoms with Gasteiger partial charge >= 0.3 is 0 Å². The van der Waals surface area contributed by atoms with Gasteiger partial charge in [-0.05, 0) is 42.8 Å². The number of ether oxygens (including phenoxy) is 1. The van der Waals surface area contributed by atoms with E-state index in [1.165, 1.54) is 12.1 Å². The first-order chi connectivity index (χ1) is 9.95. The lowest BCUT2D eigenvalue weighted by Crippen LogP contribution is -2.39. The largest absolute Gasteiger partial charge is 0.376 e. The fourth-order valence-corrected chi connectivity index (χ4v) is 2.72. The Hall–Kier alpha value is -1.22. The Morgan fingerprint density at radius 2 is 2.05 bits per heavy atom. The Bertz CT molecular complexity index is 581. The fraction of sp³-hybridized carbons (Fsp3) is 0.462. The minimum atomic E-state index is -3.64. The molecule has 1 heterocycles. The molecule has 1 aromatic rings. The highest BCUT2D eigenvalue weighted by Crippen LogP contribution is 2.10. The third-order valence-corrected chi connectivity index (χ3v) is 4.44. The first-order valence-electron chi connectivity index (χ1n) is 6.70. The summed E-state index contributed by atoms with van der Waals surface area (Å²) in [5, 5.41) is 11.8. The molecule has 0 radical (unpaired) electrons. The van der Waals surface area contributed by atoms with Crippen LogP contribution >= 0.6 is 12.2 Å². The van der Waals surface area contributed by atoms with Crippen molar-refractivity contribution >= 4 is 27.4 Å². The number of nitrogens with two attached hydrogens (primary N) is 1. The van der Waals surface area contributed by atoms with Crippen molar-refractivity contribution in [2.75, 3.05) is 13.2 Å². The molecule has 1 fully saturated rings. The Kier molecular flexibility index (Phi) is 5.51. The van der Waals surface area contributed by atoms with E-state index in [0.717, 1.165) is 25.0 Å². The van der Waals surface area contributed by atoms with Crippen LogP contribution in [0.3, 0.4) is 0 Å². The predicted molar refractivity (Wildman–Crippen MR) is 84.2 cm³/mol. The highest BCUT2D eigenvalue weighted by atomic mass is 32.2. The molecule has 0 amide bonds. The van der Waals surface area contributed by atoms with Gasteiger partial charge in [0.1, 0.15) is 0 Å². The number of hydrogen-bond acceptors (Lipinski definition) is 4. The van der Waals surface area contributed by atoms with Crippen LogP contribution in [0.4, 0.5) is 0 Å². The maximum Gasteiger partial charge on any atom is 0.238 e. The number of primary sulfonamides is 1. The molecule has 8 heteroatoms. The second-order valence-corrected chi connectivity index (χ2v) is 6.86. The summed E-state index contributed by atoms with van der Waals surface area (Å²) < 4.78 is 27.8. The molecule has 1 aliphatic heterocycles. The summed E-state index contributed by atoms with van der Waals surface area (Å²) in [5.41, 5.74) is 0.920. The second kappa shape index (κ2) is 7.17. The first kappa shape index (κ1) is 16.2. The van der Waals surface area contributed by atoms with Crippen LogP contribution in [0.2, 0.25) is 0 Å². The van der Waals surface area contributed by atoms with Crippen LogP contribution in [0.5, 0.6) is 0 Å². The fourth-order valence-electron chi connectivity index (χ4n) is 2.05. The number of hydrogen-bond donors (Lipinski definition) is 3. The van der Waals surface area contributed by atoms with Gasteiger partial charge in [-0.1, -0.05) is 12.1 Å². The lowest BCUT2D eigenvalue weighted by atomic mass is 10.2. The summed E-state index contributed by atoms with van der Waals surface area (Å²) >= 11 is 5.18. The smallest absolute Gasteiger partial charge is 0.238 e.